The predicted octanol–water partition coefficient (Wildman–Crippen LogP) is 6.46. The van der Waals surface area contributed by atoms with E-state index < -0.39 is 6.04 Å². The highest BCUT2D eigenvalue weighted by molar-refractivity contribution is 14.1. The number of halogens is 1. The lowest BCUT2D eigenvalue weighted by atomic mass is 9.73. The number of benzene rings is 3. The summed E-state index contributed by atoms with van der Waals surface area (Å²) < 4.78 is 6.04. The minimum atomic E-state index is -0.448. The lowest BCUT2D eigenvalue weighted by molar-refractivity contribution is -0.118. The van der Waals surface area contributed by atoms with Gasteiger partial charge < -0.3 is 20.5 Å². The number of fused-ring (bicyclic) bond motifs is 1. The molecule has 0 unspecified atom stereocenters. The van der Waals surface area contributed by atoms with Crippen LogP contribution in [0, 0.1) is 8.99 Å². The number of ether oxygens (including phenoxy) is 1. The summed E-state index contributed by atoms with van der Waals surface area (Å²) >= 11 is 2.07. The summed E-state index contributed by atoms with van der Waals surface area (Å²) in [5.41, 5.74) is 4.85. The van der Waals surface area contributed by atoms with Crippen LogP contribution in [0.15, 0.2) is 71.9 Å². The second-order valence-corrected chi connectivity index (χ2v) is 11.2. The number of anilines is 2. The van der Waals surface area contributed by atoms with Crippen molar-refractivity contribution >= 4 is 45.5 Å². The maximum Gasteiger partial charge on any atom is 0.193 e. The zero-order valence-electron chi connectivity index (χ0n) is 20.3. The lowest BCUT2D eigenvalue weighted by Crippen LogP contribution is -2.31. The number of phenols is 1. The molecule has 6 nitrogen and oxygen atoms in total. The number of carbonyl (C=O) groups is 2. The Balaban J connectivity index is 1.64. The molecule has 7 heteroatoms. The molecule has 1 atom stereocenters. The molecular weight excluding hydrogens is 567 g/mol. The maximum atomic E-state index is 13.5. The third-order valence-corrected chi connectivity index (χ3v) is 7.54. The van der Waals surface area contributed by atoms with Gasteiger partial charge in [-0.25, -0.2) is 0 Å². The number of methoxy groups -OCH3 is 1. The number of carbonyl (C=O) groups excluding carboxylic acids is 2. The van der Waals surface area contributed by atoms with Gasteiger partial charge in [0, 0.05) is 28.8 Å². The van der Waals surface area contributed by atoms with Gasteiger partial charge in [-0.3, -0.25) is 9.59 Å². The van der Waals surface area contributed by atoms with Crippen molar-refractivity contribution in [1.29, 1.82) is 0 Å². The summed E-state index contributed by atoms with van der Waals surface area (Å²) in [6, 6.07) is 17.9. The second-order valence-electron chi connectivity index (χ2n) is 10.0. The van der Waals surface area contributed by atoms with E-state index in [0.29, 0.717) is 38.9 Å². The first kappa shape index (κ1) is 24.4. The minimum absolute atomic E-state index is 0.0620. The summed E-state index contributed by atoms with van der Waals surface area (Å²) in [4.78, 5) is 26.7. The van der Waals surface area contributed by atoms with E-state index in [-0.39, 0.29) is 22.7 Å². The zero-order chi connectivity index (χ0) is 25.6. The molecule has 0 radical (unpaired) electrons. The Morgan fingerprint density at radius 2 is 1.78 bits per heavy atom. The smallest absolute Gasteiger partial charge is 0.193 e. The third kappa shape index (κ3) is 4.48. The van der Waals surface area contributed by atoms with Gasteiger partial charge in [-0.05, 0) is 70.3 Å². The molecule has 2 aliphatic rings. The van der Waals surface area contributed by atoms with E-state index in [2.05, 4.69) is 47.1 Å². The van der Waals surface area contributed by atoms with Crippen molar-refractivity contribution in [2.45, 2.75) is 32.7 Å². The molecular formula is C29H27IN2O4. The standard InChI is InChI=1S/C29H27IN2O4/c1-29(2)14-22-25(23(33)15-29)26(18-11-19(30)28(35)24(13-18)36-3)32-20-10-9-17(12-21(20)31-22)27(34)16-7-5-4-6-8-16/h4-13,26,31-32,35H,14-15H2,1-3H3/t26-/m1/s1. The van der Waals surface area contributed by atoms with E-state index in [9.17, 15) is 14.7 Å². The Bertz CT molecular complexity index is 1410. The van der Waals surface area contributed by atoms with Crippen LogP contribution in [0.5, 0.6) is 11.5 Å². The molecule has 5 rings (SSSR count). The number of hydrogen-bond acceptors (Lipinski definition) is 6. The molecule has 0 bridgehead atoms. The highest BCUT2D eigenvalue weighted by Gasteiger charge is 2.39. The number of allylic oxidation sites excluding steroid dienone is 1. The maximum absolute atomic E-state index is 13.5. The Morgan fingerprint density at radius 3 is 2.50 bits per heavy atom. The SMILES string of the molecule is COc1cc([C@H]2Nc3ccc(C(=O)c4ccccc4)cc3NC3=C2C(=O)CC(C)(C)C3)cc(I)c1O. The summed E-state index contributed by atoms with van der Waals surface area (Å²) in [6.45, 7) is 4.18. The van der Waals surface area contributed by atoms with Gasteiger partial charge in [-0.15, -0.1) is 0 Å². The van der Waals surface area contributed by atoms with Crippen molar-refractivity contribution in [3.05, 3.63) is 92.2 Å². The van der Waals surface area contributed by atoms with Gasteiger partial charge in [0.05, 0.1) is 28.1 Å². The molecule has 3 aromatic rings. The van der Waals surface area contributed by atoms with Crippen molar-refractivity contribution in [2.75, 3.05) is 17.7 Å². The average molecular weight is 594 g/mol. The van der Waals surface area contributed by atoms with Crippen LogP contribution in [0.3, 0.4) is 0 Å². The molecule has 3 N–H and O–H groups in total. The van der Waals surface area contributed by atoms with Crippen molar-refractivity contribution in [3.8, 4) is 11.5 Å². The van der Waals surface area contributed by atoms with Crippen molar-refractivity contribution in [1.82, 2.24) is 0 Å². The fourth-order valence-electron chi connectivity index (χ4n) is 5.01. The number of hydrogen-bond donors (Lipinski definition) is 3. The summed E-state index contributed by atoms with van der Waals surface area (Å²) in [6.07, 6.45) is 1.13. The van der Waals surface area contributed by atoms with Gasteiger partial charge in [0.25, 0.3) is 0 Å². The molecule has 184 valence electrons. The number of ketones is 2. The predicted molar refractivity (Wildman–Crippen MR) is 149 cm³/mol. The van der Waals surface area contributed by atoms with Crippen LogP contribution in [-0.2, 0) is 4.79 Å². The Morgan fingerprint density at radius 1 is 1.03 bits per heavy atom. The van der Waals surface area contributed by atoms with E-state index in [1.165, 1.54) is 7.11 Å². The number of rotatable bonds is 4. The van der Waals surface area contributed by atoms with E-state index >= 15 is 0 Å². The van der Waals surface area contributed by atoms with Gasteiger partial charge in [-0.1, -0.05) is 44.2 Å². The van der Waals surface area contributed by atoms with Crippen molar-refractivity contribution in [2.24, 2.45) is 5.41 Å². The van der Waals surface area contributed by atoms with Gasteiger partial charge in [0.2, 0.25) is 0 Å². The first-order chi connectivity index (χ1) is 17.2. The van der Waals surface area contributed by atoms with E-state index in [1.807, 2.05) is 36.4 Å². The molecule has 0 saturated heterocycles. The van der Waals surface area contributed by atoms with E-state index in [0.717, 1.165) is 22.6 Å². The first-order valence-corrected chi connectivity index (χ1v) is 12.8. The normalized spacial score (nSPS) is 18.3. The van der Waals surface area contributed by atoms with E-state index in [4.69, 9.17) is 4.74 Å². The fourth-order valence-corrected chi connectivity index (χ4v) is 5.63. The number of phenolic OH excluding ortho intramolecular Hbond substituents is 1. The van der Waals surface area contributed by atoms with Crippen molar-refractivity contribution < 1.29 is 19.4 Å². The summed E-state index contributed by atoms with van der Waals surface area (Å²) in [7, 11) is 1.51. The molecule has 1 aliphatic carbocycles. The van der Waals surface area contributed by atoms with Gasteiger partial charge in [0.15, 0.2) is 23.1 Å². The Labute approximate surface area is 223 Å². The molecule has 0 saturated carbocycles. The lowest BCUT2D eigenvalue weighted by Gasteiger charge is -2.34. The van der Waals surface area contributed by atoms with Crippen molar-refractivity contribution in [3.63, 3.8) is 0 Å². The van der Waals surface area contributed by atoms with E-state index in [1.54, 1.807) is 24.3 Å². The Hall–Kier alpha value is -3.33. The largest absolute Gasteiger partial charge is 0.504 e. The molecule has 0 aromatic heterocycles. The number of Topliss-reactive ketones (excluding diaryl/α,β-unsaturated/α-hetero) is 1. The van der Waals surface area contributed by atoms with Gasteiger partial charge in [-0.2, -0.15) is 0 Å². The second kappa shape index (κ2) is 9.28. The molecule has 1 aliphatic heterocycles. The molecule has 3 aromatic carbocycles. The van der Waals surface area contributed by atoms with Crippen LogP contribution in [0.2, 0.25) is 0 Å². The van der Waals surface area contributed by atoms with Crippen LogP contribution >= 0.6 is 22.6 Å². The third-order valence-electron chi connectivity index (χ3n) is 6.72. The number of aromatic hydroxyl groups is 1. The monoisotopic (exact) mass is 594 g/mol. The molecule has 0 spiro atoms. The Kier molecular flexibility index (Phi) is 6.28. The quantitative estimate of drug-likeness (QED) is 0.238. The summed E-state index contributed by atoms with van der Waals surface area (Å²) in [5.74, 6) is 0.434. The highest BCUT2D eigenvalue weighted by Crippen LogP contribution is 2.47. The topological polar surface area (TPSA) is 87.7 Å². The number of nitrogens with one attached hydrogen (secondary N) is 2. The first-order valence-electron chi connectivity index (χ1n) is 11.8. The molecule has 0 amide bonds. The molecule has 1 heterocycles. The minimum Gasteiger partial charge on any atom is -0.504 e. The zero-order valence-corrected chi connectivity index (χ0v) is 22.5. The van der Waals surface area contributed by atoms with Crippen LogP contribution in [-0.4, -0.2) is 23.8 Å². The molecule has 0 fully saturated rings. The van der Waals surface area contributed by atoms with Crippen LogP contribution < -0.4 is 15.4 Å². The fraction of sp³-hybridized carbons (Fsp3) is 0.241. The van der Waals surface area contributed by atoms with Crippen LogP contribution in [0.4, 0.5) is 11.4 Å². The van der Waals surface area contributed by atoms with Crippen LogP contribution in [0.25, 0.3) is 0 Å². The van der Waals surface area contributed by atoms with Gasteiger partial charge >= 0.3 is 0 Å². The van der Waals surface area contributed by atoms with Crippen LogP contribution in [0.1, 0.15) is 54.2 Å². The average Bonchev–Trinajstić information content (AvgIpc) is 3.01. The highest BCUT2D eigenvalue weighted by atomic mass is 127. The summed E-state index contributed by atoms with van der Waals surface area (Å²) in [5, 5.41) is 17.4. The van der Waals surface area contributed by atoms with Gasteiger partial charge in [0.1, 0.15) is 0 Å². The molecule has 36 heavy (non-hydrogen) atoms.